The van der Waals surface area contributed by atoms with Crippen molar-refractivity contribution in [3.63, 3.8) is 0 Å². The van der Waals surface area contributed by atoms with E-state index in [9.17, 15) is 0 Å². The third-order valence-electron chi connectivity index (χ3n) is 0.667. The van der Waals surface area contributed by atoms with Crippen LogP contribution in [-0.4, -0.2) is 0 Å². The van der Waals surface area contributed by atoms with Gasteiger partial charge in [0.1, 0.15) is 0 Å². The van der Waals surface area contributed by atoms with Gasteiger partial charge in [-0.05, 0) is 0 Å². The molecule has 1 aromatic carbocycles. The molecule has 1 rings (SSSR count). The summed E-state index contributed by atoms with van der Waals surface area (Å²) < 4.78 is 0. The van der Waals surface area contributed by atoms with Gasteiger partial charge in [-0.1, -0.05) is 36.4 Å². The molecule has 0 aromatic heterocycles. The minimum absolute atomic E-state index is 0. The summed E-state index contributed by atoms with van der Waals surface area (Å²) in [5.41, 5.74) is 0. The molecule has 0 heterocycles. The number of rotatable bonds is 0. The first kappa shape index (κ1) is 16.5. The molecule has 0 aliphatic rings. The van der Waals surface area contributed by atoms with Crippen LogP contribution in [-0.2, 0) is 17.1 Å². The van der Waals surface area contributed by atoms with Crippen molar-refractivity contribution in [2.24, 2.45) is 0 Å². The zero-order chi connectivity index (χ0) is 4.24. The van der Waals surface area contributed by atoms with E-state index in [-0.39, 0.29) is 50.9 Å². The maximum Gasteiger partial charge on any atom is 0 e. The van der Waals surface area contributed by atoms with Crippen LogP contribution in [0.15, 0.2) is 36.4 Å². The van der Waals surface area contributed by atoms with E-state index in [1.165, 1.54) is 0 Å². The van der Waals surface area contributed by atoms with E-state index < -0.39 is 0 Å². The second-order valence-corrected chi connectivity index (χ2v) is 1.15. The number of benzene rings is 1. The van der Waals surface area contributed by atoms with Gasteiger partial charge < -0.3 is 0 Å². The predicted molar refractivity (Wildman–Crippen MR) is 53.0 cm³/mol. The standard InChI is InChI=1S/C6H6.Cu.HI.H3P/c1-2-4-6-5-3-1;;;/h1-6H;;1H;1H3. The molecule has 1 unspecified atom stereocenters. The van der Waals surface area contributed by atoms with Crippen molar-refractivity contribution in [1.82, 2.24) is 0 Å². The van der Waals surface area contributed by atoms with Crippen molar-refractivity contribution >= 4 is 33.9 Å². The van der Waals surface area contributed by atoms with Crippen LogP contribution in [0.3, 0.4) is 0 Å². The van der Waals surface area contributed by atoms with Crippen LogP contribution in [0.5, 0.6) is 0 Å². The molecule has 0 aliphatic carbocycles. The first-order valence-electron chi connectivity index (χ1n) is 2.00. The first-order chi connectivity index (χ1) is 3.00. The zero-order valence-electron chi connectivity index (χ0n) is 4.88. The fraction of sp³-hybridized carbons (Fsp3) is 0. The largest absolute Gasteiger partial charge is 0.153 e. The van der Waals surface area contributed by atoms with Crippen molar-refractivity contribution in [3.8, 4) is 0 Å². The Labute approximate surface area is 86.9 Å². The SMILES string of the molecule is I.P.[Cu].c1ccccc1. The second-order valence-electron chi connectivity index (χ2n) is 1.15. The Hall–Kier alpha value is 0.899. The van der Waals surface area contributed by atoms with Crippen molar-refractivity contribution < 1.29 is 17.1 Å². The average molecular weight is 304 g/mol. The third-order valence-corrected chi connectivity index (χ3v) is 0.667. The molecule has 0 N–H and O–H groups in total. The van der Waals surface area contributed by atoms with Crippen LogP contribution in [0.1, 0.15) is 0 Å². The molecule has 0 nitrogen and oxygen atoms in total. The van der Waals surface area contributed by atoms with Gasteiger partial charge in [-0.25, -0.2) is 0 Å². The van der Waals surface area contributed by atoms with E-state index in [0.29, 0.717) is 0 Å². The molecule has 9 heavy (non-hydrogen) atoms. The summed E-state index contributed by atoms with van der Waals surface area (Å²) in [6.07, 6.45) is 0. The van der Waals surface area contributed by atoms with E-state index in [4.69, 9.17) is 0 Å². The van der Waals surface area contributed by atoms with Crippen molar-refractivity contribution in [2.75, 3.05) is 0 Å². The Bertz CT molecular complexity index is 85.0. The van der Waals surface area contributed by atoms with Gasteiger partial charge in [0, 0.05) is 17.1 Å². The minimum Gasteiger partial charge on any atom is -0.153 e. The van der Waals surface area contributed by atoms with Gasteiger partial charge in [0.05, 0.1) is 0 Å². The van der Waals surface area contributed by atoms with Gasteiger partial charge in [-0.3, -0.25) is 0 Å². The summed E-state index contributed by atoms with van der Waals surface area (Å²) in [4.78, 5) is 0. The minimum atomic E-state index is 0. The van der Waals surface area contributed by atoms with Crippen molar-refractivity contribution in [2.45, 2.75) is 0 Å². The van der Waals surface area contributed by atoms with Crippen molar-refractivity contribution in [3.05, 3.63) is 36.4 Å². The number of hydrogen-bond donors (Lipinski definition) is 0. The Morgan fingerprint density at radius 2 is 0.667 bits per heavy atom. The summed E-state index contributed by atoms with van der Waals surface area (Å²) in [5.74, 6) is 0. The molecule has 1 atom stereocenters. The number of halogens is 1. The van der Waals surface area contributed by atoms with Crippen LogP contribution >= 0.6 is 33.9 Å². The molecule has 0 fully saturated rings. The Morgan fingerprint density at radius 3 is 0.778 bits per heavy atom. The van der Waals surface area contributed by atoms with Gasteiger partial charge >= 0.3 is 0 Å². The Balaban J connectivity index is -0.000000120. The number of hydrogen-bond acceptors (Lipinski definition) is 0. The Kier molecular flexibility index (Phi) is 21.3. The van der Waals surface area contributed by atoms with Crippen LogP contribution in [0.2, 0.25) is 0 Å². The summed E-state index contributed by atoms with van der Waals surface area (Å²) in [6, 6.07) is 12.0. The van der Waals surface area contributed by atoms with E-state index in [2.05, 4.69) is 0 Å². The van der Waals surface area contributed by atoms with Gasteiger partial charge in [-0.15, -0.1) is 24.0 Å². The summed E-state index contributed by atoms with van der Waals surface area (Å²) in [6.45, 7) is 0. The van der Waals surface area contributed by atoms with Crippen LogP contribution in [0.4, 0.5) is 0 Å². The van der Waals surface area contributed by atoms with Gasteiger partial charge in [0.25, 0.3) is 0 Å². The van der Waals surface area contributed by atoms with Gasteiger partial charge in [0.15, 0.2) is 0 Å². The quantitative estimate of drug-likeness (QED) is 0.392. The van der Waals surface area contributed by atoms with E-state index >= 15 is 0 Å². The fourth-order valence-electron chi connectivity index (χ4n) is 0.385. The first-order valence-corrected chi connectivity index (χ1v) is 2.00. The molecule has 0 amide bonds. The topological polar surface area (TPSA) is 0 Å². The molecule has 0 aliphatic heterocycles. The van der Waals surface area contributed by atoms with Crippen LogP contribution < -0.4 is 0 Å². The zero-order valence-corrected chi connectivity index (χ0v) is 9.57. The van der Waals surface area contributed by atoms with Gasteiger partial charge in [-0.2, -0.15) is 9.90 Å². The molecule has 57 valence electrons. The van der Waals surface area contributed by atoms with E-state index in [0.717, 1.165) is 0 Å². The molecule has 1 aromatic rings. The third kappa shape index (κ3) is 8.90. The summed E-state index contributed by atoms with van der Waals surface area (Å²) >= 11 is 0. The summed E-state index contributed by atoms with van der Waals surface area (Å²) in [5, 5.41) is 0. The molecular weight excluding hydrogens is 293 g/mol. The maximum atomic E-state index is 2.00. The van der Waals surface area contributed by atoms with Crippen molar-refractivity contribution in [1.29, 1.82) is 0 Å². The Morgan fingerprint density at radius 1 is 0.556 bits per heavy atom. The van der Waals surface area contributed by atoms with E-state index in [1.807, 2.05) is 36.4 Å². The normalized spacial score (nSPS) is 5.33. The smallest absolute Gasteiger partial charge is 0 e. The average Bonchev–Trinajstić information content (AvgIpc) is 1.72. The molecule has 0 saturated heterocycles. The molecule has 3 heteroatoms. The monoisotopic (exact) mass is 303 g/mol. The maximum absolute atomic E-state index is 2.00. The second kappa shape index (κ2) is 11.7. The summed E-state index contributed by atoms with van der Waals surface area (Å²) in [7, 11) is 0. The molecule has 1 radical (unpaired) electrons. The van der Waals surface area contributed by atoms with Gasteiger partial charge in [0.2, 0.25) is 0 Å². The predicted octanol–water partition coefficient (Wildman–Crippen LogP) is 2.36. The fourth-order valence-corrected chi connectivity index (χ4v) is 0.385. The molecule has 0 bridgehead atoms. The van der Waals surface area contributed by atoms with E-state index in [1.54, 1.807) is 0 Å². The van der Waals surface area contributed by atoms with Crippen LogP contribution in [0, 0.1) is 0 Å². The van der Waals surface area contributed by atoms with Crippen LogP contribution in [0.25, 0.3) is 0 Å². The molecule has 0 saturated carbocycles. The molecule has 0 spiro atoms. The molecular formula is C6H10CuIP.